The largest absolute Gasteiger partial charge is 0.493 e. The molecule has 0 unspecified atom stereocenters. The first kappa shape index (κ1) is 20.8. The first-order valence-corrected chi connectivity index (χ1v) is 10.5. The predicted octanol–water partition coefficient (Wildman–Crippen LogP) is 6.13. The molecule has 7 heteroatoms. The standard InChI is InChI=1S/C26H17ClO6/c1-30-23-4-2-3-16-11-24(33-26(16)23)20-13-25(29)32-22-10-9-18(12-19(20)22)31-14-21(28)15-5-7-17(27)8-6-15/h2-13H,14H2,1H3. The van der Waals surface area contributed by atoms with Crippen molar-refractivity contribution in [1.29, 1.82) is 0 Å². The van der Waals surface area contributed by atoms with E-state index in [1.54, 1.807) is 55.6 Å². The molecule has 0 fully saturated rings. The van der Waals surface area contributed by atoms with Crippen LogP contribution in [-0.4, -0.2) is 19.5 Å². The molecule has 3 aromatic carbocycles. The quantitative estimate of drug-likeness (QED) is 0.224. The van der Waals surface area contributed by atoms with E-state index in [9.17, 15) is 9.59 Å². The van der Waals surface area contributed by atoms with Gasteiger partial charge in [0.1, 0.15) is 17.1 Å². The SMILES string of the molecule is COc1cccc2cc(-c3cc(=O)oc4ccc(OCC(=O)c5ccc(Cl)cc5)cc34)oc12. The molecule has 0 aliphatic rings. The summed E-state index contributed by atoms with van der Waals surface area (Å²) in [5.74, 6) is 1.35. The molecule has 33 heavy (non-hydrogen) atoms. The van der Waals surface area contributed by atoms with Crippen LogP contribution in [0.2, 0.25) is 5.02 Å². The van der Waals surface area contributed by atoms with Gasteiger partial charge in [-0.25, -0.2) is 4.79 Å². The zero-order valence-electron chi connectivity index (χ0n) is 17.5. The summed E-state index contributed by atoms with van der Waals surface area (Å²) in [5, 5.41) is 2.01. The van der Waals surface area contributed by atoms with Gasteiger partial charge in [-0.3, -0.25) is 4.79 Å². The second-order valence-corrected chi connectivity index (χ2v) is 7.78. The number of benzene rings is 3. The van der Waals surface area contributed by atoms with Gasteiger partial charge in [0.15, 0.2) is 23.7 Å². The predicted molar refractivity (Wildman–Crippen MR) is 126 cm³/mol. The average Bonchev–Trinajstić information content (AvgIpc) is 3.27. The van der Waals surface area contributed by atoms with Crippen molar-refractivity contribution in [2.75, 3.05) is 13.7 Å². The molecule has 0 saturated heterocycles. The van der Waals surface area contributed by atoms with Crippen LogP contribution < -0.4 is 15.1 Å². The summed E-state index contributed by atoms with van der Waals surface area (Å²) in [6.07, 6.45) is 0. The van der Waals surface area contributed by atoms with Crippen molar-refractivity contribution in [1.82, 2.24) is 0 Å². The molecule has 6 nitrogen and oxygen atoms in total. The Bertz CT molecular complexity index is 1550. The Morgan fingerprint density at radius 3 is 2.58 bits per heavy atom. The normalized spacial score (nSPS) is 11.1. The van der Waals surface area contributed by atoms with Crippen molar-refractivity contribution in [3.05, 3.63) is 93.8 Å². The minimum Gasteiger partial charge on any atom is -0.493 e. The summed E-state index contributed by atoms with van der Waals surface area (Å²) in [4.78, 5) is 24.6. The number of fused-ring (bicyclic) bond motifs is 2. The average molecular weight is 461 g/mol. The van der Waals surface area contributed by atoms with E-state index in [4.69, 9.17) is 29.9 Å². The number of ketones is 1. The van der Waals surface area contributed by atoms with Crippen LogP contribution in [0.5, 0.6) is 11.5 Å². The highest BCUT2D eigenvalue weighted by Gasteiger charge is 2.16. The van der Waals surface area contributed by atoms with Crippen LogP contribution in [0.4, 0.5) is 0 Å². The Kier molecular flexibility index (Phi) is 5.36. The Morgan fingerprint density at radius 1 is 0.970 bits per heavy atom. The molecule has 0 radical (unpaired) electrons. The number of ether oxygens (including phenoxy) is 2. The van der Waals surface area contributed by atoms with Gasteiger partial charge in [0, 0.05) is 33.0 Å². The lowest BCUT2D eigenvalue weighted by molar-refractivity contribution is 0.0921. The molecular weight excluding hydrogens is 444 g/mol. The number of methoxy groups -OCH3 is 1. The van der Waals surface area contributed by atoms with E-state index in [1.807, 2.05) is 18.2 Å². The van der Waals surface area contributed by atoms with E-state index in [2.05, 4.69) is 0 Å². The van der Waals surface area contributed by atoms with Crippen LogP contribution >= 0.6 is 11.6 Å². The van der Waals surface area contributed by atoms with Gasteiger partial charge in [-0.1, -0.05) is 23.7 Å². The summed E-state index contributed by atoms with van der Waals surface area (Å²) in [5.41, 5.74) is 1.51. The zero-order chi connectivity index (χ0) is 22.9. The van der Waals surface area contributed by atoms with Gasteiger partial charge >= 0.3 is 5.63 Å². The molecule has 2 aromatic heterocycles. The van der Waals surface area contributed by atoms with Crippen molar-refractivity contribution < 1.29 is 23.1 Å². The molecule has 2 heterocycles. The number of Topliss-reactive ketones (excluding diaryl/α,β-unsaturated/α-hetero) is 1. The maximum atomic E-state index is 12.4. The van der Waals surface area contributed by atoms with Gasteiger partial charge in [0.25, 0.3) is 0 Å². The Balaban J connectivity index is 1.51. The summed E-state index contributed by atoms with van der Waals surface area (Å²) >= 11 is 5.88. The van der Waals surface area contributed by atoms with Crippen LogP contribution in [0.15, 0.2) is 86.4 Å². The third-order valence-electron chi connectivity index (χ3n) is 5.24. The van der Waals surface area contributed by atoms with E-state index in [-0.39, 0.29) is 12.4 Å². The van der Waals surface area contributed by atoms with E-state index in [0.717, 1.165) is 5.39 Å². The highest BCUT2D eigenvalue weighted by atomic mass is 35.5. The van der Waals surface area contributed by atoms with E-state index in [0.29, 0.717) is 50.0 Å². The van der Waals surface area contributed by atoms with Gasteiger partial charge < -0.3 is 18.3 Å². The fraction of sp³-hybridized carbons (Fsp3) is 0.0769. The first-order chi connectivity index (χ1) is 16.0. The third-order valence-corrected chi connectivity index (χ3v) is 5.50. The van der Waals surface area contributed by atoms with Crippen LogP contribution in [0.3, 0.4) is 0 Å². The van der Waals surface area contributed by atoms with Gasteiger partial charge in [-0.2, -0.15) is 0 Å². The van der Waals surface area contributed by atoms with E-state index in [1.165, 1.54) is 6.07 Å². The summed E-state index contributed by atoms with van der Waals surface area (Å²) in [6, 6.07) is 20.4. The van der Waals surface area contributed by atoms with Gasteiger partial charge in [0.05, 0.1) is 7.11 Å². The molecular formula is C26H17ClO6. The van der Waals surface area contributed by atoms with Gasteiger partial charge in [-0.15, -0.1) is 0 Å². The molecule has 0 spiro atoms. The highest BCUT2D eigenvalue weighted by Crippen LogP contribution is 2.36. The lowest BCUT2D eigenvalue weighted by atomic mass is 10.1. The van der Waals surface area contributed by atoms with Crippen molar-refractivity contribution in [3.8, 4) is 22.8 Å². The number of furan rings is 1. The molecule has 0 amide bonds. The summed E-state index contributed by atoms with van der Waals surface area (Å²) in [6.45, 7) is -0.152. The number of hydrogen-bond donors (Lipinski definition) is 0. The van der Waals surface area contributed by atoms with Crippen LogP contribution in [-0.2, 0) is 0 Å². The molecule has 0 atom stereocenters. The minimum atomic E-state index is -0.503. The molecule has 0 aliphatic carbocycles. The minimum absolute atomic E-state index is 0.152. The highest BCUT2D eigenvalue weighted by molar-refractivity contribution is 6.30. The van der Waals surface area contributed by atoms with Crippen LogP contribution in [0.25, 0.3) is 33.3 Å². The van der Waals surface area contributed by atoms with Crippen molar-refractivity contribution in [3.63, 3.8) is 0 Å². The molecule has 0 aliphatic heterocycles. The number of carbonyl (C=O) groups excluding carboxylic acids is 1. The number of rotatable bonds is 6. The number of halogens is 1. The fourth-order valence-corrected chi connectivity index (χ4v) is 3.76. The maximum absolute atomic E-state index is 12.4. The zero-order valence-corrected chi connectivity index (χ0v) is 18.2. The van der Waals surface area contributed by atoms with Crippen molar-refractivity contribution in [2.24, 2.45) is 0 Å². The lowest BCUT2D eigenvalue weighted by Gasteiger charge is -2.08. The number of hydrogen-bond acceptors (Lipinski definition) is 6. The second-order valence-electron chi connectivity index (χ2n) is 7.35. The Morgan fingerprint density at radius 2 is 1.79 bits per heavy atom. The summed E-state index contributed by atoms with van der Waals surface area (Å²) in [7, 11) is 1.57. The maximum Gasteiger partial charge on any atom is 0.336 e. The molecule has 0 bridgehead atoms. The summed E-state index contributed by atoms with van der Waals surface area (Å²) < 4.78 is 22.5. The Labute approximate surface area is 192 Å². The van der Waals surface area contributed by atoms with Crippen LogP contribution in [0.1, 0.15) is 10.4 Å². The Hall–Kier alpha value is -4.03. The number of carbonyl (C=O) groups is 1. The van der Waals surface area contributed by atoms with Gasteiger partial charge in [0.2, 0.25) is 0 Å². The lowest BCUT2D eigenvalue weighted by Crippen LogP contribution is -2.11. The monoisotopic (exact) mass is 460 g/mol. The fourth-order valence-electron chi connectivity index (χ4n) is 3.63. The van der Waals surface area contributed by atoms with Crippen molar-refractivity contribution >= 4 is 39.3 Å². The molecule has 5 aromatic rings. The molecule has 0 saturated carbocycles. The number of para-hydroxylation sites is 1. The first-order valence-electron chi connectivity index (χ1n) is 10.1. The van der Waals surface area contributed by atoms with E-state index < -0.39 is 5.63 Å². The van der Waals surface area contributed by atoms with E-state index >= 15 is 0 Å². The second kappa shape index (κ2) is 8.48. The van der Waals surface area contributed by atoms with Crippen LogP contribution in [0, 0.1) is 0 Å². The topological polar surface area (TPSA) is 78.9 Å². The molecule has 0 N–H and O–H groups in total. The van der Waals surface area contributed by atoms with Crippen molar-refractivity contribution in [2.45, 2.75) is 0 Å². The smallest absolute Gasteiger partial charge is 0.336 e. The molecule has 5 rings (SSSR count). The van der Waals surface area contributed by atoms with Gasteiger partial charge in [-0.05, 0) is 54.6 Å². The molecule has 164 valence electrons. The third kappa shape index (κ3) is 4.08.